The highest BCUT2D eigenvalue weighted by molar-refractivity contribution is 5.36. The highest BCUT2D eigenvalue weighted by Crippen LogP contribution is 2.17. The van der Waals surface area contributed by atoms with Crippen LogP contribution in [0.1, 0.15) is 18.5 Å². The van der Waals surface area contributed by atoms with Crippen molar-refractivity contribution in [2.45, 2.75) is 19.4 Å². The molecule has 1 N–H and O–H groups in total. The first kappa shape index (κ1) is 12.3. The van der Waals surface area contributed by atoms with Gasteiger partial charge < -0.3 is 14.7 Å². The van der Waals surface area contributed by atoms with E-state index in [0.29, 0.717) is 11.6 Å². The Balaban J connectivity index is 1.91. The van der Waals surface area contributed by atoms with Gasteiger partial charge in [-0.25, -0.2) is 0 Å². The lowest BCUT2D eigenvalue weighted by atomic mass is 10.0. The number of anilines is 1. The van der Waals surface area contributed by atoms with Crippen LogP contribution in [0.5, 0.6) is 0 Å². The minimum atomic E-state index is -0.0620. The minimum Gasteiger partial charge on any atom is -0.390 e. The summed E-state index contributed by atoms with van der Waals surface area (Å²) in [5.74, 6) is 1.42. The van der Waals surface area contributed by atoms with Crippen molar-refractivity contribution in [3.8, 4) is 0 Å². The molecule has 1 aliphatic heterocycles. The summed E-state index contributed by atoms with van der Waals surface area (Å²) in [6, 6.07) is 3.69. The predicted molar refractivity (Wildman–Crippen MR) is 64.8 cm³/mol. The Hall–Kier alpha value is -1.20. The maximum atomic E-state index is 8.90. The van der Waals surface area contributed by atoms with Gasteiger partial charge in [-0.1, -0.05) is 0 Å². The summed E-state index contributed by atoms with van der Waals surface area (Å²) in [5, 5.41) is 16.9. The number of ether oxygens (including phenoxy) is 1. The molecule has 1 atom stereocenters. The molecule has 0 aliphatic carbocycles. The van der Waals surface area contributed by atoms with E-state index in [1.54, 1.807) is 6.07 Å². The molecular weight excluding hydrogens is 218 g/mol. The second-order valence-electron chi connectivity index (χ2n) is 4.50. The van der Waals surface area contributed by atoms with Crippen molar-refractivity contribution >= 4 is 5.82 Å². The summed E-state index contributed by atoms with van der Waals surface area (Å²) in [6.45, 7) is 2.61. The van der Waals surface area contributed by atoms with E-state index >= 15 is 0 Å². The van der Waals surface area contributed by atoms with Crippen LogP contribution >= 0.6 is 0 Å². The lowest BCUT2D eigenvalue weighted by Gasteiger charge is -2.27. The fraction of sp³-hybridized carbons (Fsp3) is 0.667. The molecule has 5 nitrogen and oxygen atoms in total. The van der Waals surface area contributed by atoms with Gasteiger partial charge in [0.05, 0.1) is 18.9 Å². The molecule has 0 spiro atoms. The molecule has 1 saturated heterocycles. The van der Waals surface area contributed by atoms with Gasteiger partial charge in [0.25, 0.3) is 0 Å². The molecule has 2 heterocycles. The molecule has 94 valence electrons. The summed E-state index contributed by atoms with van der Waals surface area (Å²) < 4.78 is 5.46. The number of hydrogen-bond donors (Lipinski definition) is 1. The SMILES string of the molecule is CN(CC1CCCOC1)c1ccc(CO)nn1. The molecule has 0 saturated carbocycles. The van der Waals surface area contributed by atoms with Gasteiger partial charge in [0.1, 0.15) is 0 Å². The van der Waals surface area contributed by atoms with Crippen molar-refractivity contribution < 1.29 is 9.84 Å². The van der Waals surface area contributed by atoms with Crippen LogP contribution in [0, 0.1) is 5.92 Å². The lowest BCUT2D eigenvalue weighted by molar-refractivity contribution is 0.0576. The van der Waals surface area contributed by atoms with Gasteiger partial charge in [0.2, 0.25) is 0 Å². The first-order valence-corrected chi connectivity index (χ1v) is 6.02. The first-order valence-electron chi connectivity index (χ1n) is 6.02. The molecule has 1 fully saturated rings. The van der Waals surface area contributed by atoms with E-state index in [1.165, 1.54) is 6.42 Å². The Kier molecular flexibility index (Phi) is 4.28. The third-order valence-corrected chi connectivity index (χ3v) is 3.05. The Morgan fingerprint density at radius 1 is 1.47 bits per heavy atom. The predicted octanol–water partition coefficient (Wildman–Crippen LogP) is 0.832. The van der Waals surface area contributed by atoms with Gasteiger partial charge in [-0.2, -0.15) is 5.10 Å². The highest BCUT2D eigenvalue weighted by Gasteiger charge is 2.16. The van der Waals surface area contributed by atoms with Gasteiger partial charge in [0, 0.05) is 20.2 Å². The van der Waals surface area contributed by atoms with E-state index in [2.05, 4.69) is 15.1 Å². The zero-order valence-electron chi connectivity index (χ0n) is 10.2. The Bertz CT molecular complexity index is 336. The quantitative estimate of drug-likeness (QED) is 0.840. The second kappa shape index (κ2) is 5.93. The van der Waals surface area contributed by atoms with Crippen molar-refractivity contribution in [1.29, 1.82) is 0 Å². The standard InChI is InChI=1S/C12H19N3O2/c1-15(7-10-3-2-6-17-9-10)12-5-4-11(8-16)13-14-12/h4-5,10,16H,2-3,6-9H2,1H3. The van der Waals surface area contributed by atoms with Crippen molar-refractivity contribution in [2.24, 2.45) is 5.92 Å². The summed E-state index contributed by atoms with van der Waals surface area (Å²) in [7, 11) is 2.01. The van der Waals surface area contributed by atoms with Crippen LogP contribution in [0.3, 0.4) is 0 Å². The van der Waals surface area contributed by atoms with E-state index in [0.717, 1.165) is 32.0 Å². The number of rotatable bonds is 4. The highest BCUT2D eigenvalue weighted by atomic mass is 16.5. The largest absolute Gasteiger partial charge is 0.390 e. The average Bonchev–Trinajstić information content (AvgIpc) is 2.40. The third kappa shape index (κ3) is 3.38. The molecule has 0 aromatic carbocycles. The molecule has 1 unspecified atom stereocenters. The normalized spacial score (nSPS) is 20.2. The van der Waals surface area contributed by atoms with Gasteiger partial charge in [-0.05, 0) is 30.9 Å². The average molecular weight is 237 g/mol. The molecule has 1 aliphatic rings. The van der Waals surface area contributed by atoms with E-state index in [1.807, 2.05) is 13.1 Å². The zero-order valence-corrected chi connectivity index (χ0v) is 10.2. The number of aromatic nitrogens is 2. The molecule has 2 rings (SSSR count). The minimum absolute atomic E-state index is 0.0620. The van der Waals surface area contributed by atoms with Crippen molar-refractivity contribution in [3.63, 3.8) is 0 Å². The Morgan fingerprint density at radius 2 is 2.35 bits per heavy atom. The molecule has 1 aromatic heterocycles. The fourth-order valence-electron chi connectivity index (χ4n) is 2.07. The number of hydrogen-bond acceptors (Lipinski definition) is 5. The van der Waals surface area contributed by atoms with Crippen LogP contribution in [0.15, 0.2) is 12.1 Å². The summed E-state index contributed by atoms with van der Waals surface area (Å²) in [4.78, 5) is 2.09. The molecule has 0 radical (unpaired) electrons. The Labute approximate surface area is 101 Å². The van der Waals surface area contributed by atoms with Crippen LogP contribution in [0.25, 0.3) is 0 Å². The van der Waals surface area contributed by atoms with Gasteiger partial charge in [0.15, 0.2) is 5.82 Å². The molecule has 1 aromatic rings. The van der Waals surface area contributed by atoms with Crippen molar-refractivity contribution in [3.05, 3.63) is 17.8 Å². The molecular formula is C12H19N3O2. The van der Waals surface area contributed by atoms with Crippen LogP contribution < -0.4 is 4.90 Å². The van der Waals surface area contributed by atoms with Crippen LogP contribution in [-0.2, 0) is 11.3 Å². The molecule has 0 amide bonds. The maximum absolute atomic E-state index is 8.90. The number of aliphatic hydroxyl groups excluding tert-OH is 1. The third-order valence-electron chi connectivity index (χ3n) is 3.05. The monoisotopic (exact) mass is 237 g/mol. The fourth-order valence-corrected chi connectivity index (χ4v) is 2.07. The zero-order chi connectivity index (χ0) is 12.1. The summed E-state index contributed by atoms with van der Waals surface area (Å²) in [6.07, 6.45) is 2.36. The van der Waals surface area contributed by atoms with Gasteiger partial charge in [-0.3, -0.25) is 0 Å². The van der Waals surface area contributed by atoms with Crippen LogP contribution in [-0.4, -0.2) is 42.1 Å². The Morgan fingerprint density at radius 3 is 2.94 bits per heavy atom. The van der Waals surface area contributed by atoms with E-state index in [9.17, 15) is 0 Å². The molecule has 5 heteroatoms. The smallest absolute Gasteiger partial charge is 0.150 e. The van der Waals surface area contributed by atoms with E-state index in [4.69, 9.17) is 9.84 Å². The topological polar surface area (TPSA) is 58.5 Å². The van der Waals surface area contributed by atoms with Crippen molar-refractivity contribution in [2.75, 3.05) is 31.7 Å². The summed E-state index contributed by atoms with van der Waals surface area (Å²) in [5.41, 5.74) is 0.600. The van der Waals surface area contributed by atoms with E-state index < -0.39 is 0 Å². The van der Waals surface area contributed by atoms with Crippen LogP contribution in [0.4, 0.5) is 5.82 Å². The molecule has 0 bridgehead atoms. The van der Waals surface area contributed by atoms with Gasteiger partial charge in [-0.15, -0.1) is 5.10 Å². The second-order valence-corrected chi connectivity index (χ2v) is 4.50. The maximum Gasteiger partial charge on any atom is 0.150 e. The number of nitrogens with zero attached hydrogens (tertiary/aromatic N) is 3. The summed E-state index contributed by atoms with van der Waals surface area (Å²) >= 11 is 0. The molecule has 17 heavy (non-hydrogen) atoms. The van der Waals surface area contributed by atoms with E-state index in [-0.39, 0.29) is 6.61 Å². The first-order chi connectivity index (χ1) is 8.29. The number of aliphatic hydroxyl groups is 1. The van der Waals surface area contributed by atoms with Crippen molar-refractivity contribution in [1.82, 2.24) is 10.2 Å². The lowest BCUT2D eigenvalue weighted by Crippen LogP contribution is -2.31. The van der Waals surface area contributed by atoms with Crippen LogP contribution in [0.2, 0.25) is 0 Å². The van der Waals surface area contributed by atoms with Gasteiger partial charge >= 0.3 is 0 Å².